The number of aromatic nitrogens is 1. The van der Waals surface area contributed by atoms with Crippen LogP contribution in [-0.2, 0) is 4.79 Å². The molecule has 5 heteroatoms. The zero-order valence-corrected chi connectivity index (χ0v) is 9.23. The van der Waals surface area contributed by atoms with Gasteiger partial charge in [0.2, 0.25) is 5.91 Å². The van der Waals surface area contributed by atoms with E-state index in [0.717, 1.165) is 12.8 Å². The van der Waals surface area contributed by atoms with E-state index >= 15 is 0 Å². The highest BCUT2D eigenvalue weighted by Gasteiger charge is 2.25. The topological polar surface area (TPSA) is 80.0 Å². The summed E-state index contributed by atoms with van der Waals surface area (Å²) < 4.78 is 0. The number of nitrogens with two attached hydrogens (primary N) is 1. The van der Waals surface area contributed by atoms with Gasteiger partial charge in [0.15, 0.2) is 0 Å². The molecule has 1 aliphatic carbocycles. The lowest BCUT2D eigenvalue weighted by Crippen LogP contribution is -2.38. The smallest absolute Gasteiger partial charge is 0.242 e. The number of nitrogen functional groups attached to an aromatic ring is 1. The molecule has 1 aromatic rings. The predicted molar refractivity (Wildman–Crippen MR) is 62.9 cm³/mol. The van der Waals surface area contributed by atoms with Crippen molar-refractivity contribution in [2.45, 2.75) is 31.8 Å². The summed E-state index contributed by atoms with van der Waals surface area (Å²) in [6.45, 7) is 1.82. The van der Waals surface area contributed by atoms with Gasteiger partial charge in [-0.3, -0.25) is 4.79 Å². The lowest BCUT2D eigenvalue weighted by Gasteiger charge is -2.14. The number of hydrogen-bond donors (Lipinski definition) is 3. The molecule has 0 radical (unpaired) electrons. The number of hydrogen-bond acceptors (Lipinski definition) is 4. The summed E-state index contributed by atoms with van der Waals surface area (Å²) in [7, 11) is 0. The van der Waals surface area contributed by atoms with Crippen molar-refractivity contribution in [2.24, 2.45) is 0 Å². The van der Waals surface area contributed by atoms with E-state index in [1.807, 2.05) is 6.92 Å². The maximum Gasteiger partial charge on any atom is 0.242 e. The molecule has 1 heterocycles. The van der Waals surface area contributed by atoms with Gasteiger partial charge in [0.1, 0.15) is 11.9 Å². The minimum atomic E-state index is -0.281. The van der Waals surface area contributed by atoms with Crippen LogP contribution in [0.25, 0.3) is 0 Å². The van der Waals surface area contributed by atoms with Crippen LogP contribution in [0.15, 0.2) is 18.3 Å². The first kappa shape index (κ1) is 10.7. The van der Waals surface area contributed by atoms with Crippen LogP contribution in [0.5, 0.6) is 0 Å². The van der Waals surface area contributed by atoms with Crippen molar-refractivity contribution in [1.29, 1.82) is 0 Å². The Balaban J connectivity index is 1.87. The molecule has 1 fully saturated rings. The van der Waals surface area contributed by atoms with E-state index in [2.05, 4.69) is 15.6 Å². The van der Waals surface area contributed by atoms with Crippen molar-refractivity contribution in [2.75, 3.05) is 11.1 Å². The van der Waals surface area contributed by atoms with Gasteiger partial charge in [-0.1, -0.05) is 0 Å². The summed E-state index contributed by atoms with van der Waals surface area (Å²) in [5.74, 6) is 0.675. The lowest BCUT2D eigenvalue weighted by atomic mass is 10.3. The first-order valence-electron chi connectivity index (χ1n) is 5.43. The number of carbonyl (C=O) groups is 1. The minimum Gasteiger partial charge on any atom is -0.397 e. The molecule has 1 amide bonds. The van der Waals surface area contributed by atoms with Crippen molar-refractivity contribution >= 4 is 17.4 Å². The monoisotopic (exact) mass is 220 g/mol. The maximum atomic E-state index is 11.6. The van der Waals surface area contributed by atoms with E-state index in [-0.39, 0.29) is 11.9 Å². The second-order valence-corrected chi connectivity index (χ2v) is 4.13. The van der Waals surface area contributed by atoms with Crippen LogP contribution in [0.1, 0.15) is 19.8 Å². The Morgan fingerprint density at radius 3 is 2.88 bits per heavy atom. The zero-order chi connectivity index (χ0) is 11.5. The van der Waals surface area contributed by atoms with Crippen molar-refractivity contribution in [1.82, 2.24) is 10.3 Å². The van der Waals surface area contributed by atoms with E-state index < -0.39 is 0 Å². The van der Waals surface area contributed by atoms with Crippen LogP contribution in [0, 0.1) is 0 Å². The van der Waals surface area contributed by atoms with Crippen LogP contribution in [-0.4, -0.2) is 23.0 Å². The Bertz CT molecular complexity index is 372. The summed E-state index contributed by atoms with van der Waals surface area (Å²) in [5, 5.41) is 5.95. The van der Waals surface area contributed by atoms with E-state index in [0.29, 0.717) is 17.5 Å². The van der Waals surface area contributed by atoms with Gasteiger partial charge >= 0.3 is 0 Å². The molecular weight excluding hydrogens is 204 g/mol. The molecular formula is C11H16N4O. The molecule has 0 aromatic carbocycles. The van der Waals surface area contributed by atoms with Gasteiger partial charge in [-0.25, -0.2) is 4.98 Å². The summed E-state index contributed by atoms with van der Waals surface area (Å²) in [4.78, 5) is 15.7. The van der Waals surface area contributed by atoms with Gasteiger partial charge < -0.3 is 16.4 Å². The van der Waals surface area contributed by atoms with Crippen molar-refractivity contribution in [3.05, 3.63) is 18.3 Å². The van der Waals surface area contributed by atoms with Crippen molar-refractivity contribution in [3.8, 4) is 0 Å². The molecule has 0 saturated heterocycles. The molecule has 16 heavy (non-hydrogen) atoms. The van der Waals surface area contributed by atoms with Gasteiger partial charge in [0.05, 0.1) is 11.9 Å². The molecule has 0 bridgehead atoms. The third kappa shape index (κ3) is 2.85. The number of nitrogens with one attached hydrogen (secondary N) is 2. The Labute approximate surface area is 94.4 Å². The highest BCUT2D eigenvalue weighted by Crippen LogP contribution is 2.18. The van der Waals surface area contributed by atoms with E-state index in [9.17, 15) is 4.79 Å². The van der Waals surface area contributed by atoms with Crippen molar-refractivity contribution < 1.29 is 4.79 Å². The van der Waals surface area contributed by atoms with Gasteiger partial charge in [0.25, 0.3) is 0 Å². The Hall–Kier alpha value is -1.78. The lowest BCUT2D eigenvalue weighted by molar-refractivity contribution is -0.121. The molecule has 0 aliphatic heterocycles. The number of nitrogens with zero attached hydrogens (tertiary/aromatic N) is 1. The molecule has 4 N–H and O–H groups in total. The van der Waals surface area contributed by atoms with Gasteiger partial charge in [-0.15, -0.1) is 0 Å². The first-order valence-corrected chi connectivity index (χ1v) is 5.43. The molecule has 1 saturated carbocycles. The Kier molecular flexibility index (Phi) is 2.94. The fourth-order valence-corrected chi connectivity index (χ4v) is 1.33. The van der Waals surface area contributed by atoms with Crippen LogP contribution < -0.4 is 16.4 Å². The number of carbonyl (C=O) groups excluding carboxylic acids is 1. The largest absolute Gasteiger partial charge is 0.397 e. The molecule has 1 aromatic heterocycles. The second kappa shape index (κ2) is 4.38. The van der Waals surface area contributed by atoms with Gasteiger partial charge in [0, 0.05) is 6.04 Å². The number of rotatable bonds is 4. The molecule has 0 spiro atoms. The minimum absolute atomic E-state index is 0.0149. The fraction of sp³-hybridized carbons (Fsp3) is 0.455. The predicted octanol–water partition coefficient (Wildman–Crippen LogP) is 0.743. The summed E-state index contributed by atoms with van der Waals surface area (Å²) in [6, 6.07) is 3.62. The summed E-state index contributed by atoms with van der Waals surface area (Å²) in [5.41, 5.74) is 6.13. The quantitative estimate of drug-likeness (QED) is 0.699. The molecule has 86 valence electrons. The normalized spacial score (nSPS) is 16.6. The highest BCUT2D eigenvalue weighted by molar-refractivity contribution is 5.84. The average Bonchev–Trinajstić information content (AvgIpc) is 3.05. The SMILES string of the molecule is CC(Nc1ccc(N)cn1)C(=O)NC1CC1. The molecule has 1 aliphatic rings. The summed E-state index contributed by atoms with van der Waals surface area (Å²) in [6.07, 6.45) is 3.75. The van der Waals surface area contributed by atoms with Gasteiger partial charge in [-0.05, 0) is 31.9 Å². The Morgan fingerprint density at radius 1 is 1.56 bits per heavy atom. The van der Waals surface area contributed by atoms with E-state index in [1.165, 1.54) is 0 Å². The number of anilines is 2. The van der Waals surface area contributed by atoms with Gasteiger partial charge in [-0.2, -0.15) is 0 Å². The molecule has 1 atom stereocenters. The number of amides is 1. The molecule has 1 unspecified atom stereocenters. The standard InChI is InChI=1S/C11H16N4O/c1-7(11(16)15-9-3-4-9)14-10-5-2-8(12)6-13-10/h2,5-7,9H,3-4,12H2,1H3,(H,13,14)(H,15,16). The van der Waals surface area contributed by atoms with Crippen LogP contribution in [0.2, 0.25) is 0 Å². The van der Waals surface area contributed by atoms with Crippen LogP contribution in [0.4, 0.5) is 11.5 Å². The number of pyridine rings is 1. The highest BCUT2D eigenvalue weighted by atomic mass is 16.2. The average molecular weight is 220 g/mol. The first-order chi connectivity index (χ1) is 7.65. The van der Waals surface area contributed by atoms with E-state index in [4.69, 9.17) is 5.73 Å². The van der Waals surface area contributed by atoms with Crippen LogP contribution >= 0.6 is 0 Å². The zero-order valence-electron chi connectivity index (χ0n) is 9.23. The third-order valence-electron chi connectivity index (χ3n) is 2.47. The summed E-state index contributed by atoms with van der Waals surface area (Å²) >= 11 is 0. The van der Waals surface area contributed by atoms with Crippen LogP contribution in [0.3, 0.4) is 0 Å². The molecule has 2 rings (SSSR count). The fourth-order valence-electron chi connectivity index (χ4n) is 1.33. The van der Waals surface area contributed by atoms with E-state index in [1.54, 1.807) is 18.3 Å². The second-order valence-electron chi connectivity index (χ2n) is 4.13. The maximum absolute atomic E-state index is 11.6. The van der Waals surface area contributed by atoms with Crippen molar-refractivity contribution in [3.63, 3.8) is 0 Å². The Morgan fingerprint density at radius 2 is 2.31 bits per heavy atom. The molecule has 5 nitrogen and oxygen atoms in total. The third-order valence-corrected chi connectivity index (χ3v) is 2.47.